The van der Waals surface area contributed by atoms with E-state index in [2.05, 4.69) is 11.9 Å². The Morgan fingerprint density at radius 2 is 0.455 bits per heavy atom. The molecule has 0 saturated heterocycles. The molecule has 0 aromatic rings. The van der Waals surface area contributed by atoms with Crippen LogP contribution in [0.1, 0.15) is 0 Å². The Bertz CT molecular complexity index is 7.52. The van der Waals surface area contributed by atoms with Crippen LogP contribution in [0.2, 0.25) is 0 Å². The molecule has 16 N–H and O–H groups in total. The third-order valence-electron chi connectivity index (χ3n) is 0. The van der Waals surface area contributed by atoms with E-state index in [1.165, 1.54) is 0 Å². The average molecular weight is 233 g/mol. The highest BCUT2D eigenvalue weighted by Crippen LogP contribution is 0.690. The largest absolute Gasteiger partial charge is 0.547 e. The first-order valence-corrected chi connectivity index (χ1v) is 0.500. The molecule has 0 radical (unpaired) electrons. The van der Waals surface area contributed by atoms with Crippen molar-refractivity contribution in [1.82, 2.24) is 0 Å². The van der Waals surface area contributed by atoms with E-state index in [-0.39, 0.29) is 56.2 Å². The van der Waals surface area contributed by atoms with Crippen LogP contribution >= 0.6 is 12.4 Å². The molecule has 11 heavy (non-hydrogen) atoms. The molecule has 0 atom stereocenters. The Morgan fingerprint density at radius 1 is 0.455 bits per heavy atom. The molecule has 0 rings (SSSR count). The van der Waals surface area contributed by atoms with Crippen LogP contribution < -0.4 is 4.66 Å². The highest BCUT2D eigenvalue weighted by atomic mass is 35.5. The SMILES string of the molecule is Cl.O.O.O.O.O.O.O.O.[O-][ClH+]. The molecule has 0 saturated carbocycles. The third kappa shape index (κ3) is 14300. The van der Waals surface area contributed by atoms with Crippen molar-refractivity contribution >= 4 is 12.4 Å². The molecule has 0 aliphatic heterocycles. The van der Waals surface area contributed by atoms with Gasteiger partial charge in [-0.1, -0.05) is 0 Å². The molecule has 0 spiro atoms. The molecule has 0 fully saturated rings. The van der Waals surface area contributed by atoms with Gasteiger partial charge in [0.25, 0.3) is 0 Å². The molecule has 0 aliphatic carbocycles. The maximum atomic E-state index is 7.83. The zero-order valence-corrected chi connectivity index (χ0v) is 6.86. The lowest BCUT2D eigenvalue weighted by atomic mass is 15.9. The molecule has 0 aliphatic rings. The Kier molecular flexibility index (Phi) is 1280000. The lowest BCUT2D eigenvalue weighted by molar-refractivity contribution is -1.00. The molecular weight excluding hydrogens is 215 g/mol. The standard InChI is InChI=1S/ClHO.ClH.8H2O/c1-2;;;;;;;;;/h1H;1H;8*1H2. The zero-order chi connectivity index (χ0) is 2.00. The predicted octanol–water partition coefficient (Wildman–Crippen LogP) is -7.63. The molecule has 0 amide bonds. The van der Waals surface area contributed by atoms with E-state index in [4.69, 9.17) is 4.66 Å². The van der Waals surface area contributed by atoms with Gasteiger partial charge < -0.3 is 48.5 Å². The van der Waals surface area contributed by atoms with E-state index in [0.29, 0.717) is 0 Å². The summed E-state index contributed by atoms with van der Waals surface area (Å²) in [5, 5.41) is 0. The van der Waals surface area contributed by atoms with Crippen molar-refractivity contribution in [2.24, 2.45) is 0 Å². The van der Waals surface area contributed by atoms with E-state index in [9.17, 15) is 0 Å². The molecule has 0 unspecified atom stereocenters. The number of hydrogen-bond acceptors (Lipinski definition) is 1. The molecule has 0 aromatic heterocycles. The quantitative estimate of drug-likeness (QED) is 0.386. The first-order valence-electron chi connectivity index (χ1n) is 0.167. The first kappa shape index (κ1) is 787. The fraction of sp³-hybridized carbons (Fsp3) is 0. The minimum absolute atomic E-state index is 0. The van der Waals surface area contributed by atoms with E-state index in [1.807, 2.05) is 0 Å². The van der Waals surface area contributed by atoms with Crippen LogP contribution in [0.4, 0.5) is 0 Å². The first-order chi connectivity index (χ1) is 1.00. The minimum atomic E-state index is 0. The smallest absolute Gasteiger partial charge is 0.0878 e. The summed E-state index contributed by atoms with van der Waals surface area (Å²) >= 11 is 2.83. The van der Waals surface area contributed by atoms with Gasteiger partial charge in [-0.05, 0) is 0 Å². The summed E-state index contributed by atoms with van der Waals surface area (Å²) in [7, 11) is 0. The molecule has 9 nitrogen and oxygen atoms in total. The van der Waals surface area contributed by atoms with Gasteiger partial charge in [0.1, 0.15) is 0 Å². The number of hydrogen-bond donors (Lipinski definition) is 0. The van der Waals surface area contributed by atoms with Crippen LogP contribution in [0.25, 0.3) is 0 Å². The zero-order valence-electron chi connectivity index (χ0n) is 5.22. The molecule has 11 heteroatoms. The van der Waals surface area contributed by atoms with E-state index in [1.54, 1.807) is 0 Å². The number of rotatable bonds is 0. The Balaban J connectivity index is -0.000000000139. The molecular formula is H18Cl2O9. The second-order valence-corrected chi connectivity index (χ2v) is 0. The number of halogens is 2. The summed E-state index contributed by atoms with van der Waals surface area (Å²) in [6, 6.07) is 0. The van der Waals surface area contributed by atoms with Crippen LogP contribution in [-0.4, -0.2) is 43.8 Å². The van der Waals surface area contributed by atoms with Gasteiger partial charge in [-0.2, -0.15) is 0 Å². The lowest BCUT2D eigenvalue weighted by Gasteiger charge is -1.28. The fourth-order valence-corrected chi connectivity index (χ4v) is 0. The van der Waals surface area contributed by atoms with Crippen molar-refractivity contribution in [3.8, 4) is 0 Å². The summed E-state index contributed by atoms with van der Waals surface area (Å²) in [5.74, 6) is 0. The van der Waals surface area contributed by atoms with Gasteiger partial charge in [0.15, 0.2) is 0 Å². The van der Waals surface area contributed by atoms with Crippen molar-refractivity contribution in [3.63, 3.8) is 0 Å². The summed E-state index contributed by atoms with van der Waals surface area (Å²) in [6.07, 6.45) is 0. The van der Waals surface area contributed by atoms with Gasteiger partial charge in [0.2, 0.25) is 0 Å². The highest BCUT2D eigenvalue weighted by molar-refractivity contribution is 5.85. The fourth-order valence-electron chi connectivity index (χ4n) is 0. The van der Waals surface area contributed by atoms with Gasteiger partial charge in [0.05, 0.1) is 11.9 Å². The lowest BCUT2D eigenvalue weighted by Crippen LogP contribution is -1.76. The summed E-state index contributed by atoms with van der Waals surface area (Å²) < 4.78 is 7.83. The Morgan fingerprint density at radius 3 is 0.455 bits per heavy atom. The molecule has 0 aromatic carbocycles. The van der Waals surface area contributed by atoms with Crippen molar-refractivity contribution in [1.29, 1.82) is 0 Å². The minimum Gasteiger partial charge on any atom is -0.547 e. The van der Waals surface area contributed by atoms with Gasteiger partial charge in [-0.15, -0.1) is 12.4 Å². The summed E-state index contributed by atoms with van der Waals surface area (Å²) in [6.45, 7) is 0. The summed E-state index contributed by atoms with van der Waals surface area (Å²) in [5.41, 5.74) is 0. The van der Waals surface area contributed by atoms with Gasteiger partial charge in [-0.25, -0.2) is 0 Å². The summed E-state index contributed by atoms with van der Waals surface area (Å²) in [4.78, 5) is 0. The molecule has 0 heterocycles. The predicted molar refractivity (Wildman–Crippen MR) is 37.6 cm³/mol. The van der Waals surface area contributed by atoms with Crippen molar-refractivity contribution in [3.05, 3.63) is 0 Å². The second kappa shape index (κ2) is 18000. The van der Waals surface area contributed by atoms with Gasteiger partial charge in [-0.3, -0.25) is 0 Å². The normalized spacial score (nSPS) is 0.545. The van der Waals surface area contributed by atoms with Crippen LogP contribution in [-0.2, 0) is 0 Å². The van der Waals surface area contributed by atoms with Crippen LogP contribution in [0.3, 0.4) is 0 Å². The van der Waals surface area contributed by atoms with E-state index < -0.39 is 0 Å². The van der Waals surface area contributed by atoms with Gasteiger partial charge >= 0.3 is 0 Å². The van der Waals surface area contributed by atoms with Crippen molar-refractivity contribution < 1.29 is 60.3 Å². The monoisotopic (exact) mass is 232 g/mol. The maximum Gasteiger partial charge on any atom is 0.0878 e. The van der Waals surface area contributed by atoms with E-state index >= 15 is 0 Å². The van der Waals surface area contributed by atoms with E-state index in [0.717, 1.165) is 0 Å². The molecule has 86 valence electrons. The molecule has 0 bridgehead atoms. The van der Waals surface area contributed by atoms with Gasteiger partial charge in [0, 0.05) is 0 Å². The Hall–Kier alpha value is 0.220. The average Bonchev–Trinajstić information content (AvgIpc) is 1.00. The van der Waals surface area contributed by atoms with Crippen LogP contribution in [0.15, 0.2) is 0 Å². The third-order valence-corrected chi connectivity index (χ3v) is 0. The second-order valence-electron chi connectivity index (χ2n) is 0. The van der Waals surface area contributed by atoms with Crippen molar-refractivity contribution in [2.45, 2.75) is 0 Å². The topological polar surface area (TPSA) is 275 Å². The van der Waals surface area contributed by atoms with Crippen LogP contribution in [0.5, 0.6) is 0 Å². The maximum absolute atomic E-state index is 7.83. The highest BCUT2D eigenvalue weighted by Gasteiger charge is 0.819. The van der Waals surface area contributed by atoms with Crippen molar-refractivity contribution in [2.75, 3.05) is 0 Å². The van der Waals surface area contributed by atoms with Crippen LogP contribution in [0, 0.1) is 11.9 Å². The Labute approximate surface area is 73.6 Å².